The van der Waals surface area contributed by atoms with Crippen molar-refractivity contribution in [1.82, 2.24) is 0 Å². The standard InChI is InChI=1S/C12H10BrF2NO/c1-6-4-7(5-17-6)12(16)10-9(14)3-2-8(13)11(10)15/h2-5,12H,16H2,1H3. The van der Waals surface area contributed by atoms with Gasteiger partial charge in [0.2, 0.25) is 0 Å². The molecule has 0 saturated carbocycles. The molecular weight excluding hydrogens is 292 g/mol. The van der Waals surface area contributed by atoms with E-state index in [2.05, 4.69) is 15.9 Å². The minimum Gasteiger partial charge on any atom is -0.469 e. The number of rotatable bonds is 2. The zero-order chi connectivity index (χ0) is 12.6. The Morgan fingerprint density at radius 1 is 1.35 bits per heavy atom. The van der Waals surface area contributed by atoms with Crippen molar-refractivity contribution in [2.75, 3.05) is 0 Å². The van der Waals surface area contributed by atoms with Crippen molar-refractivity contribution in [3.63, 3.8) is 0 Å². The number of furan rings is 1. The number of halogens is 3. The summed E-state index contributed by atoms with van der Waals surface area (Å²) in [5.41, 5.74) is 6.21. The first-order valence-corrected chi connectivity index (χ1v) is 5.74. The lowest BCUT2D eigenvalue weighted by atomic mass is 10.0. The smallest absolute Gasteiger partial charge is 0.145 e. The highest BCUT2D eigenvalue weighted by molar-refractivity contribution is 9.10. The SMILES string of the molecule is Cc1cc(C(N)c2c(F)ccc(Br)c2F)co1. The zero-order valence-electron chi connectivity index (χ0n) is 9.01. The van der Waals surface area contributed by atoms with Crippen molar-refractivity contribution >= 4 is 15.9 Å². The molecule has 1 atom stereocenters. The van der Waals surface area contributed by atoms with E-state index in [9.17, 15) is 8.78 Å². The Morgan fingerprint density at radius 2 is 2.06 bits per heavy atom. The second kappa shape index (κ2) is 4.58. The van der Waals surface area contributed by atoms with Gasteiger partial charge in [-0.1, -0.05) is 0 Å². The molecule has 0 fully saturated rings. The van der Waals surface area contributed by atoms with Crippen LogP contribution < -0.4 is 5.73 Å². The molecule has 2 N–H and O–H groups in total. The molecule has 0 amide bonds. The zero-order valence-corrected chi connectivity index (χ0v) is 10.6. The van der Waals surface area contributed by atoms with E-state index in [1.165, 1.54) is 18.4 Å². The van der Waals surface area contributed by atoms with E-state index >= 15 is 0 Å². The first kappa shape index (κ1) is 12.3. The molecule has 0 bridgehead atoms. The molecule has 0 aliphatic heterocycles. The molecule has 0 aliphatic carbocycles. The number of hydrogen-bond acceptors (Lipinski definition) is 2. The van der Waals surface area contributed by atoms with Gasteiger partial charge in [-0.05, 0) is 41.1 Å². The summed E-state index contributed by atoms with van der Waals surface area (Å²) < 4.78 is 32.7. The summed E-state index contributed by atoms with van der Waals surface area (Å²) in [5, 5.41) is 0. The summed E-state index contributed by atoms with van der Waals surface area (Å²) in [5.74, 6) is -0.709. The highest BCUT2D eigenvalue weighted by atomic mass is 79.9. The van der Waals surface area contributed by atoms with E-state index in [0.717, 1.165) is 0 Å². The fourth-order valence-electron chi connectivity index (χ4n) is 1.62. The Balaban J connectivity index is 2.50. The van der Waals surface area contributed by atoms with Crippen molar-refractivity contribution in [2.45, 2.75) is 13.0 Å². The molecule has 1 unspecified atom stereocenters. The monoisotopic (exact) mass is 301 g/mol. The van der Waals surface area contributed by atoms with Gasteiger partial charge in [0, 0.05) is 11.1 Å². The average molecular weight is 302 g/mol. The quantitative estimate of drug-likeness (QED) is 0.860. The van der Waals surface area contributed by atoms with Crippen LogP contribution in [0.15, 0.2) is 33.4 Å². The maximum absolute atomic E-state index is 13.8. The van der Waals surface area contributed by atoms with Gasteiger partial charge in [-0.3, -0.25) is 0 Å². The van der Waals surface area contributed by atoms with Crippen LogP contribution in [0.2, 0.25) is 0 Å². The topological polar surface area (TPSA) is 39.2 Å². The Morgan fingerprint density at radius 3 is 2.65 bits per heavy atom. The number of benzene rings is 1. The van der Waals surface area contributed by atoms with Gasteiger partial charge < -0.3 is 10.2 Å². The van der Waals surface area contributed by atoms with E-state index in [-0.39, 0.29) is 10.0 Å². The van der Waals surface area contributed by atoms with Crippen molar-refractivity contribution in [1.29, 1.82) is 0 Å². The van der Waals surface area contributed by atoms with Gasteiger partial charge in [-0.25, -0.2) is 8.78 Å². The maximum Gasteiger partial charge on any atom is 0.145 e. The summed E-state index contributed by atoms with van der Waals surface area (Å²) in [6.07, 6.45) is 1.40. The first-order valence-electron chi connectivity index (χ1n) is 4.94. The highest BCUT2D eigenvalue weighted by Crippen LogP contribution is 2.29. The van der Waals surface area contributed by atoms with Gasteiger partial charge in [0.25, 0.3) is 0 Å². The molecule has 1 heterocycles. The number of aryl methyl sites for hydroxylation is 1. The van der Waals surface area contributed by atoms with Gasteiger partial charge in [0.05, 0.1) is 16.8 Å². The minimum absolute atomic E-state index is 0.167. The van der Waals surface area contributed by atoms with Crippen LogP contribution in [0.4, 0.5) is 8.78 Å². The summed E-state index contributed by atoms with van der Waals surface area (Å²) in [7, 11) is 0. The molecule has 17 heavy (non-hydrogen) atoms. The molecule has 2 aromatic rings. The Kier molecular flexibility index (Phi) is 3.31. The predicted octanol–water partition coefficient (Wildman–Crippen LogP) is 3.68. The van der Waals surface area contributed by atoms with Gasteiger partial charge in [0.1, 0.15) is 17.4 Å². The van der Waals surface area contributed by atoms with E-state index < -0.39 is 17.7 Å². The van der Waals surface area contributed by atoms with Gasteiger partial charge in [-0.2, -0.15) is 0 Å². The van der Waals surface area contributed by atoms with E-state index in [0.29, 0.717) is 11.3 Å². The van der Waals surface area contributed by atoms with E-state index in [1.807, 2.05) is 0 Å². The van der Waals surface area contributed by atoms with E-state index in [1.54, 1.807) is 13.0 Å². The maximum atomic E-state index is 13.8. The van der Waals surface area contributed by atoms with Crippen molar-refractivity contribution < 1.29 is 13.2 Å². The molecule has 5 heteroatoms. The first-order chi connectivity index (χ1) is 8.00. The van der Waals surface area contributed by atoms with Crippen LogP contribution >= 0.6 is 15.9 Å². The largest absolute Gasteiger partial charge is 0.469 e. The van der Waals surface area contributed by atoms with E-state index in [4.69, 9.17) is 10.2 Å². The van der Waals surface area contributed by atoms with Crippen LogP contribution in [0.1, 0.15) is 22.9 Å². The molecule has 90 valence electrons. The summed E-state index contributed by atoms with van der Waals surface area (Å²) >= 11 is 3.01. The summed E-state index contributed by atoms with van der Waals surface area (Å²) in [6, 6.07) is 3.26. The van der Waals surface area contributed by atoms with Crippen molar-refractivity contribution in [3.8, 4) is 0 Å². The molecule has 0 spiro atoms. The number of hydrogen-bond donors (Lipinski definition) is 1. The third-order valence-electron chi connectivity index (χ3n) is 2.50. The third kappa shape index (κ3) is 2.25. The molecular formula is C12H10BrF2NO. The van der Waals surface area contributed by atoms with Crippen LogP contribution in [0, 0.1) is 18.6 Å². The number of nitrogens with two attached hydrogens (primary N) is 1. The molecule has 0 radical (unpaired) electrons. The van der Waals surface area contributed by atoms with Crippen molar-refractivity contribution in [2.24, 2.45) is 5.73 Å². The lowest BCUT2D eigenvalue weighted by molar-refractivity contribution is 0.522. The molecule has 2 nitrogen and oxygen atoms in total. The van der Waals surface area contributed by atoms with Crippen LogP contribution in [-0.2, 0) is 0 Å². The van der Waals surface area contributed by atoms with Crippen LogP contribution in [-0.4, -0.2) is 0 Å². The Labute approximate surface area is 106 Å². The Hall–Kier alpha value is -1.20. The van der Waals surface area contributed by atoms with Gasteiger partial charge >= 0.3 is 0 Å². The fraction of sp³-hybridized carbons (Fsp3) is 0.167. The normalized spacial score (nSPS) is 12.8. The van der Waals surface area contributed by atoms with Crippen LogP contribution in [0.5, 0.6) is 0 Å². The van der Waals surface area contributed by atoms with Crippen LogP contribution in [0.3, 0.4) is 0 Å². The highest BCUT2D eigenvalue weighted by Gasteiger charge is 2.21. The molecule has 2 rings (SSSR count). The van der Waals surface area contributed by atoms with Crippen molar-refractivity contribution in [3.05, 3.63) is 57.5 Å². The third-order valence-corrected chi connectivity index (χ3v) is 3.11. The molecule has 0 saturated heterocycles. The second-order valence-electron chi connectivity index (χ2n) is 3.73. The molecule has 1 aromatic heterocycles. The second-order valence-corrected chi connectivity index (χ2v) is 4.58. The Bertz CT molecular complexity index is 553. The predicted molar refractivity (Wildman–Crippen MR) is 63.5 cm³/mol. The molecule has 1 aromatic carbocycles. The van der Waals surface area contributed by atoms with Crippen LogP contribution in [0.25, 0.3) is 0 Å². The summed E-state index contributed by atoms with van der Waals surface area (Å²) in [4.78, 5) is 0. The lowest BCUT2D eigenvalue weighted by Crippen LogP contribution is -2.15. The summed E-state index contributed by atoms with van der Waals surface area (Å²) in [6.45, 7) is 1.74. The van der Waals surface area contributed by atoms with Gasteiger partial charge in [-0.15, -0.1) is 0 Å². The average Bonchev–Trinajstić information content (AvgIpc) is 2.71. The van der Waals surface area contributed by atoms with Gasteiger partial charge in [0.15, 0.2) is 0 Å². The molecule has 0 aliphatic rings. The minimum atomic E-state index is -0.884. The lowest BCUT2D eigenvalue weighted by Gasteiger charge is -2.12. The fourth-order valence-corrected chi connectivity index (χ4v) is 1.97.